The molecule has 0 fully saturated rings. The van der Waals surface area contributed by atoms with E-state index in [1.807, 2.05) is 58.9 Å². The van der Waals surface area contributed by atoms with Crippen LogP contribution in [-0.2, 0) is 26.2 Å². The van der Waals surface area contributed by atoms with Crippen LogP contribution in [0.1, 0.15) is 50.3 Å². The van der Waals surface area contributed by atoms with Gasteiger partial charge in [0.1, 0.15) is 12.6 Å². The molecule has 3 aromatic carbocycles. The average molecular weight is 619 g/mol. The van der Waals surface area contributed by atoms with Gasteiger partial charge in [-0.3, -0.25) is 13.9 Å². The molecular formula is C31H37Cl2N3O4S. The Morgan fingerprint density at radius 1 is 0.854 bits per heavy atom. The van der Waals surface area contributed by atoms with Crippen LogP contribution in [-0.4, -0.2) is 43.8 Å². The van der Waals surface area contributed by atoms with Crippen molar-refractivity contribution < 1.29 is 18.0 Å². The van der Waals surface area contributed by atoms with E-state index in [-0.39, 0.29) is 39.1 Å². The van der Waals surface area contributed by atoms with Crippen molar-refractivity contribution in [3.63, 3.8) is 0 Å². The number of hydrogen-bond acceptors (Lipinski definition) is 4. The van der Waals surface area contributed by atoms with E-state index in [9.17, 15) is 18.0 Å². The summed E-state index contributed by atoms with van der Waals surface area (Å²) in [5, 5.41) is 3.38. The van der Waals surface area contributed by atoms with Gasteiger partial charge in [0.2, 0.25) is 11.8 Å². The summed E-state index contributed by atoms with van der Waals surface area (Å²) in [5.74, 6) is -0.816. The Labute approximate surface area is 253 Å². The summed E-state index contributed by atoms with van der Waals surface area (Å²) in [6, 6.07) is 17.6. The maximum Gasteiger partial charge on any atom is 0.264 e. The Hall–Kier alpha value is -3.07. The average Bonchev–Trinajstić information content (AvgIpc) is 2.94. The fraction of sp³-hybridized carbons (Fsp3) is 0.355. The molecule has 0 saturated heterocycles. The second-order valence-corrected chi connectivity index (χ2v) is 12.8. The Balaban J connectivity index is 2.08. The van der Waals surface area contributed by atoms with Crippen molar-refractivity contribution in [3.8, 4) is 0 Å². The summed E-state index contributed by atoms with van der Waals surface area (Å²) < 4.78 is 28.9. The van der Waals surface area contributed by atoms with Crippen LogP contribution in [0, 0.1) is 13.8 Å². The van der Waals surface area contributed by atoms with Crippen LogP contribution in [0.5, 0.6) is 0 Å². The summed E-state index contributed by atoms with van der Waals surface area (Å²) in [7, 11) is -4.20. The molecule has 0 saturated carbocycles. The normalized spacial score (nSPS) is 12.9. The molecule has 2 atom stereocenters. The number of nitrogens with one attached hydrogen (secondary N) is 1. The summed E-state index contributed by atoms with van der Waals surface area (Å²) in [6.07, 6.45) is 1.07. The summed E-state index contributed by atoms with van der Waals surface area (Å²) in [6.45, 7) is 9.10. The van der Waals surface area contributed by atoms with Crippen molar-refractivity contribution in [2.24, 2.45) is 0 Å². The monoisotopic (exact) mass is 617 g/mol. The predicted octanol–water partition coefficient (Wildman–Crippen LogP) is 6.53. The molecule has 3 aromatic rings. The molecule has 0 heterocycles. The van der Waals surface area contributed by atoms with Gasteiger partial charge in [-0.2, -0.15) is 0 Å². The molecule has 0 radical (unpaired) electrons. The molecule has 1 N–H and O–H groups in total. The lowest BCUT2D eigenvalue weighted by Crippen LogP contribution is -2.53. The highest BCUT2D eigenvalue weighted by Crippen LogP contribution is 2.31. The van der Waals surface area contributed by atoms with Gasteiger partial charge in [-0.05, 0) is 69.5 Å². The van der Waals surface area contributed by atoms with Crippen LogP contribution < -0.4 is 9.62 Å². The van der Waals surface area contributed by atoms with Crippen LogP contribution in [0.15, 0.2) is 71.6 Å². The molecule has 0 bridgehead atoms. The van der Waals surface area contributed by atoms with E-state index in [0.29, 0.717) is 6.42 Å². The number of rotatable bonds is 12. The number of carbonyl (C=O) groups is 2. The molecule has 2 amide bonds. The third kappa shape index (κ3) is 8.24. The highest BCUT2D eigenvalue weighted by Gasteiger charge is 2.34. The number of halogens is 2. The van der Waals surface area contributed by atoms with Crippen LogP contribution in [0.25, 0.3) is 0 Å². The van der Waals surface area contributed by atoms with Crippen molar-refractivity contribution in [1.29, 1.82) is 0 Å². The Bertz CT molecular complexity index is 1460. The second kappa shape index (κ2) is 14.2. The standard InChI is InChI=1S/C31H37Cl2N3O4S/c1-6-23(5)34-31(38)29(7-2)35(19-24-12-8-21(3)9-13-24)30(37)20-36(25-14-17-27(32)28(33)18-25)41(39,40)26-15-10-22(4)11-16-26/h8-18,23,29H,6-7,19-20H2,1-5H3,(H,34,38)/t23-,29-/m1/s1. The number of carbonyl (C=O) groups excluding carboxylic acids is 2. The molecule has 7 nitrogen and oxygen atoms in total. The molecule has 3 rings (SSSR count). The number of benzene rings is 3. The highest BCUT2D eigenvalue weighted by atomic mass is 35.5. The van der Waals surface area contributed by atoms with Gasteiger partial charge in [-0.1, -0.05) is 84.6 Å². The number of amides is 2. The molecule has 0 aliphatic rings. The first-order valence-electron chi connectivity index (χ1n) is 13.6. The molecule has 220 valence electrons. The van der Waals surface area contributed by atoms with Gasteiger partial charge < -0.3 is 10.2 Å². The molecule has 0 aliphatic carbocycles. The number of hydrogen-bond donors (Lipinski definition) is 1. The first kappa shape index (κ1) is 32.4. The van der Waals surface area contributed by atoms with Crippen LogP contribution in [0.4, 0.5) is 5.69 Å². The number of anilines is 1. The van der Waals surface area contributed by atoms with E-state index in [4.69, 9.17) is 23.2 Å². The summed E-state index contributed by atoms with van der Waals surface area (Å²) >= 11 is 12.4. The topological polar surface area (TPSA) is 86.8 Å². The Kier molecular flexibility index (Phi) is 11.2. The summed E-state index contributed by atoms with van der Waals surface area (Å²) in [5.41, 5.74) is 2.95. The zero-order chi connectivity index (χ0) is 30.3. The van der Waals surface area contributed by atoms with Gasteiger partial charge in [0, 0.05) is 12.6 Å². The van der Waals surface area contributed by atoms with E-state index in [1.165, 1.54) is 35.2 Å². The molecular weight excluding hydrogens is 581 g/mol. The van der Waals surface area contributed by atoms with E-state index in [2.05, 4.69) is 5.32 Å². The van der Waals surface area contributed by atoms with Gasteiger partial charge >= 0.3 is 0 Å². The quantitative estimate of drug-likeness (QED) is 0.250. The lowest BCUT2D eigenvalue weighted by Gasteiger charge is -2.33. The first-order chi connectivity index (χ1) is 19.4. The zero-order valence-corrected chi connectivity index (χ0v) is 26.4. The van der Waals surface area contributed by atoms with Crippen molar-refractivity contribution in [1.82, 2.24) is 10.2 Å². The Morgan fingerprint density at radius 2 is 1.44 bits per heavy atom. The molecule has 0 unspecified atom stereocenters. The molecule has 0 spiro atoms. The van der Waals surface area contributed by atoms with Crippen LogP contribution in [0.2, 0.25) is 10.0 Å². The lowest BCUT2D eigenvalue weighted by molar-refractivity contribution is -0.140. The van der Waals surface area contributed by atoms with Crippen LogP contribution in [0.3, 0.4) is 0 Å². The van der Waals surface area contributed by atoms with Gasteiger partial charge in [0.25, 0.3) is 10.0 Å². The van der Waals surface area contributed by atoms with Crippen molar-refractivity contribution in [3.05, 3.63) is 93.5 Å². The largest absolute Gasteiger partial charge is 0.352 e. The first-order valence-corrected chi connectivity index (χ1v) is 15.8. The van der Waals surface area contributed by atoms with E-state index < -0.39 is 28.5 Å². The fourth-order valence-corrected chi connectivity index (χ4v) is 5.96. The minimum Gasteiger partial charge on any atom is -0.352 e. The number of sulfonamides is 1. The molecule has 10 heteroatoms. The second-order valence-electron chi connectivity index (χ2n) is 10.2. The SMILES string of the molecule is CC[C@@H](C)NC(=O)[C@@H](CC)N(Cc1ccc(C)cc1)C(=O)CN(c1ccc(Cl)c(Cl)c1)S(=O)(=O)c1ccc(C)cc1. The van der Waals surface area contributed by atoms with Crippen LogP contribution >= 0.6 is 23.2 Å². The minimum absolute atomic E-state index is 0.0219. The molecule has 0 aliphatic heterocycles. The Morgan fingerprint density at radius 3 is 1.98 bits per heavy atom. The van der Waals surface area contributed by atoms with E-state index in [0.717, 1.165) is 27.4 Å². The highest BCUT2D eigenvalue weighted by molar-refractivity contribution is 7.92. The van der Waals surface area contributed by atoms with Gasteiger partial charge in [-0.15, -0.1) is 0 Å². The van der Waals surface area contributed by atoms with E-state index in [1.54, 1.807) is 12.1 Å². The van der Waals surface area contributed by atoms with Crippen molar-refractivity contribution in [2.45, 2.75) is 71.0 Å². The number of nitrogens with zero attached hydrogens (tertiary/aromatic N) is 2. The minimum atomic E-state index is -4.20. The third-order valence-electron chi connectivity index (χ3n) is 6.94. The zero-order valence-electron chi connectivity index (χ0n) is 24.0. The van der Waals surface area contributed by atoms with E-state index >= 15 is 0 Å². The van der Waals surface area contributed by atoms with Gasteiger partial charge in [0.05, 0.1) is 20.6 Å². The lowest BCUT2D eigenvalue weighted by atomic mass is 10.1. The summed E-state index contributed by atoms with van der Waals surface area (Å²) in [4.78, 5) is 29.0. The van der Waals surface area contributed by atoms with Gasteiger partial charge in [0.15, 0.2) is 0 Å². The van der Waals surface area contributed by atoms with Gasteiger partial charge in [-0.25, -0.2) is 8.42 Å². The molecule has 41 heavy (non-hydrogen) atoms. The predicted molar refractivity (Wildman–Crippen MR) is 166 cm³/mol. The number of aryl methyl sites for hydroxylation is 2. The maximum atomic E-state index is 14.1. The fourth-order valence-electron chi connectivity index (χ4n) is 4.26. The molecule has 0 aromatic heterocycles. The van der Waals surface area contributed by atoms with Crippen molar-refractivity contribution >= 4 is 50.7 Å². The van der Waals surface area contributed by atoms with Crippen molar-refractivity contribution in [2.75, 3.05) is 10.8 Å². The smallest absolute Gasteiger partial charge is 0.264 e. The maximum absolute atomic E-state index is 14.1. The third-order valence-corrected chi connectivity index (χ3v) is 9.47.